The van der Waals surface area contributed by atoms with Crippen LogP contribution in [0.2, 0.25) is 0 Å². The van der Waals surface area contributed by atoms with Crippen molar-refractivity contribution in [3.8, 4) is 16.9 Å². The highest BCUT2D eigenvalue weighted by molar-refractivity contribution is 5.64. The second-order valence-electron chi connectivity index (χ2n) is 9.08. The average Bonchev–Trinajstić information content (AvgIpc) is 2.79. The predicted molar refractivity (Wildman–Crippen MR) is 126 cm³/mol. The lowest BCUT2D eigenvalue weighted by Gasteiger charge is -2.34. The SMILES string of the molecule is CCCCCCOc1ccc(-c2ccc(C3CCC(F)(CCCC)CC3)cc2)cc1. The zero-order chi connectivity index (χ0) is 21.2. The maximum Gasteiger partial charge on any atom is 0.119 e. The highest BCUT2D eigenvalue weighted by atomic mass is 19.1. The molecule has 1 nitrogen and oxygen atoms in total. The van der Waals surface area contributed by atoms with E-state index in [-0.39, 0.29) is 0 Å². The van der Waals surface area contributed by atoms with Crippen LogP contribution < -0.4 is 4.74 Å². The molecule has 1 aliphatic carbocycles. The molecule has 0 heterocycles. The van der Waals surface area contributed by atoms with Crippen molar-refractivity contribution in [2.75, 3.05) is 6.61 Å². The fourth-order valence-electron chi connectivity index (χ4n) is 4.62. The van der Waals surface area contributed by atoms with Crippen LogP contribution in [0.4, 0.5) is 4.39 Å². The van der Waals surface area contributed by atoms with Gasteiger partial charge in [-0.05, 0) is 73.3 Å². The summed E-state index contributed by atoms with van der Waals surface area (Å²) in [6, 6.07) is 17.3. The summed E-state index contributed by atoms with van der Waals surface area (Å²) in [5, 5.41) is 0. The topological polar surface area (TPSA) is 9.23 Å². The molecular weight excluding hydrogens is 371 g/mol. The second-order valence-corrected chi connectivity index (χ2v) is 9.08. The molecule has 1 fully saturated rings. The smallest absolute Gasteiger partial charge is 0.119 e. The normalized spacial score (nSPS) is 21.5. The molecule has 1 saturated carbocycles. The summed E-state index contributed by atoms with van der Waals surface area (Å²) >= 11 is 0. The van der Waals surface area contributed by atoms with Gasteiger partial charge in [0.25, 0.3) is 0 Å². The number of benzene rings is 2. The molecule has 0 atom stereocenters. The van der Waals surface area contributed by atoms with E-state index < -0.39 is 5.67 Å². The molecule has 0 amide bonds. The fourth-order valence-corrected chi connectivity index (χ4v) is 4.62. The molecule has 3 rings (SSSR count). The number of ether oxygens (including phenoxy) is 1. The van der Waals surface area contributed by atoms with Gasteiger partial charge in [-0.2, -0.15) is 0 Å². The molecule has 2 aromatic carbocycles. The van der Waals surface area contributed by atoms with E-state index in [0.717, 1.165) is 63.7 Å². The van der Waals surface area contributed by atoms with Crippen LogP contribution >= 0.6 is 0 Å². The quantitative estimate of drug-likeness (QED) is 0.336. The number of unbranched alkanes of at least 4 members (excludes halogenated alkanes) is 4. The Balaban J connectivity index is 1.51. The lowest BCUT2D eigenvalue weighted by atomic mass is 9.75. The Bertz CT molecular complexity index is 726. The van der Waals surface area contributed by atoms with E-state index in [4.69, 9.17) is 4.74 Å². The molecule has 30 heavy (non-hydrogen) atoms. The van der Waals surface area contributed by atoms with Gasteiger partial charge in [-0.1, -0.05) is 82.3 Å². The molecule has 0 N–H and O–H groups in total. The molecule has 2 heteroatoms. The van der Waals surface area contributed by atoms with E-state index in [0.29, 0.717) is 5.92 Å². The van der Waals surface area contributed by atoms with E-state index in [2.05, 4.69) is 62.4 Å². The predicted octanol–water partition coefficient (Wildman–Crippen LogP) is 8.87. The summed E-state index contributed by atoms with van der Waals surface area (Å²) in [4.78, 5) is 0. The maximum atomic E-state index is 14.9. The average molecular weight is 411 g/mol. The van der Waals surface area contributed by atoms with E-state index in [1.165, 1.54) is 36.0 Å². The highest BCUT2D eigenvalue weighted by Gasteiger charge is 2.34. The van der Waals surface area contributed by atoms with Crippen LogP contribution in [0.15, 0.2) is 48.5 Å². The van der Waals surface area contributed by atoms with Crippen LogP contribution in [-0.4, -0.2) is 12.3 Å². The first-order valence-corrected chi connectivity index (χ1v) is 12.2. The van der Waals surface area contributed by atoms with Crippen molar-refractivity contribution in [1.82, 2.24) is 0 Å². The van der Waals surface area contributed by atoms with Crippen LogP contribution in [0.3, 0.4) is 0 Å². The largest absolute Gasteiger partial charge is 0.494 e. The van der Waals surface area contributed by atoms with Gasteiger partial charge in [0.15, 0.2) is 0 Å². The molecule has 0 radical (unpaired) electrons. The summed E-state index contributed by atoms with van der Waals surface area (Å²) in [6.45, 7) is 5.17. The summed E-state index contributed by atoms with van der Waals surface area (Å²) < 4.78 is 20.7. The van der Waals surface area contributed by atoms with E-state index in [1.807, 2.05) is 0 Å². The third kappa shape index (κ3) is 6.59. The van der Waals surface area contributed by atoms with Gasteiger partial charge in [0.2, 0.25) is 0 Å². The third-order valence-electron chi connectivity index (χ3n) is 6.70. The number of alkyl halides is 1. The molecule has 0 bridgehead atoms. The molecule has 0 spiro atoms. The van der Waals surface area contributed by atoms with Crippen molar-refractivity contribution >= 4 is 0 Å². The first kappa shape index (κ1) is 22.8. The number of halogens is 1. The van der Waals surface area contributed by atoms with Crippen LogP contribution in [-0.2, 0) is 0 Å². The molecule has 2 aromatic rings. The Labute approximate surface area is 183 Å². The van der Waals surface area contributed by atoms with Crippen molar-refractivity contribution in [2.24, 2.45) is 0 Å². The Morgan fingerprint density at radius 2 is 1.40 bits per heavy atom. The number of rotatable bonds is 11. The van der Waals surface area contributed by atoms with Crippen molar-refractivity contribution in [2.45, 2.75) is 96.1 Å². The van der Waals surface area contributed by atoms with E-state index in [9.17, 15) is 4.39 Å². The van der Waals surface area contributed by atoms with Crippen molar-refractivity contribution in [3.63, 3.8) is 0 Å². The summed E-state index contributed by atoms with van der Waals surface area (Å²) in [5.74, 6) is 1.46. The van der Waals surface area contributed by atoms with Crippen LogP contribution in [0.5, 0.6) is 5.75 Å². The summed E-state index contributed by atoms with van der Waals surface area (Å²) in [5.41, 5.74) is 2.90. The van der Waals surface area contributed by atoms with Crippen LogP contribution in [0, 0.1) is 0 Å². The zero-order valence-corrected chi connectivity index (χ0v) is 19.0. The Hall–Kier alpha value is -1.83. The van der Waals surface area contributed by atoms with Gasteiger partial charge in [-0.15, -0.1) is 0 Å². The van der Waals surface area contributed by atoms with E-state index >= 15 is 0 Å². The first-order valence-electron chi connectivity index (χ1n) is 12.2. The highest BCUT2D eigenvalue weighted by Crippen LogP contribution is 2.42. The fraction of sp³-hybridized carbons (Fsp3) is 0.571. The minimum Gasteiger partial charge on any atom is -0.494 e. The third-order valence-corrected chi connectivity index (χ3v) is 6.70. The number of hydrogen-bond donors (Lipinski definition) is 0. The van der Waals surface area contributed by atoms with Crippen molar-refractivity contribution in [3.05, 3.63) is 54.1 Å². The second kappa shape index (κ2) is 11.5. The van der Waals surface area contributed by atoms with Gasteiger partial charge in [0.1, 0.15) is 11.4 Å². The summed E-state index contributed by atoms with van der Waals surface area (Å²) in [7, 11) is 0. The van der Waals surface area contributed by atoms with Gasteiger partial charge in [0.05, 0.1) is 6.61 Å². The molecule has 0 saturated heterocycles. The van der Waals surface area contributed by atoms with Crippen LogP contribution in [0.25, 0.3) is 11.1 Å². The van der Waals surface area contributed by atoms with Gasteiger partial charge in [0, 0.05) is 0 Å². The number of hydrogen-bond acceptors (Lipinski definition) is 1. The maximum absolute atomic E-state index is 14.9. The minimum atomic E-state index is -0.910. The minimum absolute atomic E-state index is 0.507. The summed E-state index contributed by atoms with van der Waals surface area (Å²) in [6.07, 6.45) is 11.1. The first-order chi connectivity index (χ1) is 14.6. The monoisotopic (exact) mass is 410 g/mol. The molecule has 1 aliphatic rings. The van der Waals surface area contributed by atoms with Gasteiger partial charge < -0.3 is 4.74 Å². The lowest BCUT2D eigenvalue weighted by Crippen LogP contribution is -2.28. The Morgan fingerprint density at radius 1 is 0.800 bits per heavy atom. The molecule has 0 aliphatic heterocycles. The molecule has 0 aromatic heterocycles. The Morgan fingerprint density at radius 3 is 2.00 bits per heavy atom. The Kier molecular flexibility index (Phi) is 8.78. The zero-order valence-electron chi connectivity index (χ0n) is 19.0. The molecule has 0 unspecified atom stereocenters. The van der Waals surface area contributed by atoms with Crippen LogP contribution in [0.1, 0.15) is 96.0 Å². The van der Waals surface area contributed by atoms with E-state index in [1.54, 1.807) is 0 Å². The van der Waals surface area contributed by atoms with Crippen molar-refractivity contribution < 1.29 is 9.13 Å². The van der Waals surface area contributed by atoms with Gasteiger partial charge >= 0.3 is 0 Å². The molecule has 164 valence electrons. The molecular formula is C28H39FO. The lowest BCUT2D eigenvalue weighted by molar-refractivity contribution is 0.0856. The van der Waals surface area contributed by atoms with Crippen molar-refractivity contribution in [1.29, 1.82) is 0 Å². The van der Waals surface area contributed by atoms with Gasteiger partial charge in [-0.3, -0.25) is 0 Å². The standard InChI is InChI=1S/C28H39FO/c1-3-5-7-8-22-30-27-15-13-25(14-16-27)23-9-11-24(12-10-23)26-17-20-28(29,21-18-26)19-6-4-2/h9-16,26H,3-8,17-22H2,1-2H3. The van der Waals surface area contributed by atoms with Gasteiger partial charge in [-0.25, -0.2) is 4.39 Å².